The van der Waals surface area contributed by atoms with Crippen LogP contribution in [-0.4, -0.2) is 53.4 Å². The van der Waals surface area contributed by atoms with Crippen molar-refractivity contribution in [3.05, 3.63) is 119 Å². The van der Waals surface area contributed by atoms with Gasteiger partial charge in [-0.1, -0.05) is 60.1 Å². The zero-order valence-corrected chi connectivity index (χ0v) is 23.2. The van der Waals surface area contributed by atoms with Crippen molar-refractivity contribution in [1.29, 1.82) is 0 Å². The van der Waals surface area contributed by atoms with Crippen LogP contribution in [0.2, 0.25) is 5.02 Å². The number of fused-ring (bicyclic) bond motifs is 1. The summed E-state index contributed by atoms with van der Waals surface area (Å²) in [6, 6.07) is 29.1. The Morgan fingerprint density at radius 3 is 2.44 bits per heavy atom. The van der Waals surface area contributed by atoms with E-state index in [0.717, 1.165) is 61.3 Å². The average Bonchev–Trinajstić information content (AvgIpc) is 3.39. The van der Waals surface area contributed by atoms with Gasteiger partial charge in [0, 0.05) is 36.1 Å². The summed E-state index contributed by atoms with van der Waals surface area (Å²) < 4.78 is 21.0. The molecule has 5 aromatic rings. The number of nitrogens with zero attached hydrogens (tertiary/aromatic N) is 3. The number of halogens is 2. The Hall–Kier alpha value is -4.04. The molecule has 2 heterocycles. The van der Waals surface area contributed by atoms with Gasteiger partial charge in [-0.3, -0.25) is 9.69 Å². The third-order valence-corrected chi connectivity index (χ3v) is 7.82. The van der Waals surface area contributed by atoms with Crippen LogP contribution in [0.3, 0.4) is 0 Å². The second-order valence-corrected chi connectivity index (χ2v) is 10.5. The van der Waals surface area contributed by atoms with Crippen LogP contribution in [0.25, 0.3) is 27.8 Å². The molecule has 1 N–H and O–H groups in total. The normalized spacial score (nSPS) is 14.7. The summed E-state index contributed by atoms with van der Waals surface area (Å²) in [7, 11) is 0. The second-order valence-electron chi connectivity index (χ2n) is 10.1. The van der Waals surface area contributed by atoms with E-state index in [4.69, 9.17) is 21.4 Å². The van der Waals surface area contributed by atoms with E-state index in [1.165, 1.54) is 12.1 Å². The summed E-state index contributed by atoms with van der Waals surface area (Å²) in [5.41, 5.74) is 4.45. The molecule has 0 bridgehead atoms. The molecule has 0 saturated carbocycles. The lowest BCUT2D eigenvalue weighted by molar-refractivity contribution is 0.0360. The van der Waals surface area contributed by atoms with Crippen LogP contribution in [0.15, 0.2) is 97.1 Å². The summed E-state index contributed by atoms with van der Waals surface area (Å²) in [4.78, 5) is 16.1. The number of benzene rings is 4. The monoisotopic (exact) mass is 568 g/mol. The quantitative estimate of drug-likeness (QED) is 0.227. The number of morpholine rings is 1. The van der Waals surface area contributed by atoms with E-state index in [1.807, 2.05) is 72.8 Å². The molecule has 1 atom stereocenters. The van der Waals surface area contributed by atoms with E-state index in [2.05, 4.69) is 10.2 Å². The highest BCUT2D eigenvalue weighted by Gasteiger charge is 2.21. The van der Waals surface area contributed by atoms with Crippen LogP contribution in [-0.2, 0) is 4.74 Å². The fourth-order valence-electron chi connectivity index (χ4n) is 5.27. The number of aromatic nitrogens is 2. The lowest BCUT2D eigenvalue weighted by Crippen LogP contribution is -2.39. The highest BCUT2D eigenvalue weighted by molar-refractivity contribution is 6.33. The Kier molecular flexibility index (Phi) is 8.09. The van der Waals surface area contributed by atoms with Gasteiger partial charge in [0.15, 0.2) is 0 Å². The van der Waals surface area contributed by atoms with Crippen molar-refractivity contribution in [3.8, 4) is 16.9 Å². The molecule has 1 unspecified atom stereocenters. The Labute approximate surface area is 243 Å². The number of rotatable bonds is 8. The molecule has 0 radical (unpaired) electrons. The third kappa shape index (κ3) is 6.03. The van der Waals surface area contributed by atoms with Gasteiger partial charge >= 0.3 is 0 Å². The fourth-order valence-corrected chi connectivity index (χ4v) is 5.50. The molecule has 8 heteroatoms. The number of carbonyl (C=O) groups excluding carboxylic acids is 1. The molecular formula is C33H30ClFN4O2. The number of ether oxygens (including phenoxy) is 1. The standard InChI is InChI=1S/C33H30ClFN4O2/c34-29-9-5-4-8-27(29)32-28-15-10-24(22-31(28)39(37-32)26-13-11-25(35)12-14-26)33(40)36-30(23-6-2-1-3-7-23)16-17-38-18-20-41-21-19-38/h1-15,22,30H,16-21H2,(H,36,40). The van der Waals surface area contributed by atoms with Crippen molar-refractivity contribution < 1.29 is 13.9 Å². The zero-order valence-electron chi connectivity index (χ0n) is 22.5. The Balaban J connectivity index is 1.35. The van der Waals surface area contributed by atoms with Gasteiger partial charge in [-0.15, -0.1) is 0 Å². The number of hydrogen-bond acceptors (Lipinski definition) is 4. The van der Waals surface area contributed by atoms with Crippen LogP contribution < -0.4 is 5.32 Å². The maximum absolute atomic E-state index is 13.7. The van der Waals surface area contributed by atoms with E-state index >= 15 is 0 Å². The predicted octanol–water partition coefficient (Wildman–Crippen LogP) is 6.68. The van der Waals surface area contributed by atoms with Gasteiger partial charge < -0.3 is 10.1 Å². The molecule has 4 aromatic carbocycles. The highest BCUT2D eigenvalue weighted by Crippen LogP contribution is 2.34. The van der Waals surface area contributed by atoms with Crippen molar-refractivity contribution in [2.24, 2.45) is 0 Å². The van der Waals surface area contributed by atoms with Gasteiger partial charge in [-0.05, 0) is 60.5 Å². The lowest BCUT2D eigenvalue weighted by atomic mass is 10.0. The minimum atomic E-state index is -0.333. The summed E-state index contributed by atoms with van der Waals surface area (Å²) in [5.74, 6) is -0.505. The van der Waals surface area contributed by atoms with E-state index in [-0.39, 0.29) is 17.8 Å². The lowest BCUT2D eigenvalue weighted by Gasteiger charge is -2.29. The highest BCUT2D eigenvalue weighted by atomic mass is 35.5. The summed E-state index contributed by atoms with van der Waals surface area (Å²) >= 11 is 6.54. The van der Waals surface area contributed by atoms with Crippen LogP contribution >= 0.6 is 11.6 Å². The van der Waals surface area contributed by atoms with Gasteiger partial charge in [0.1, 0.15) is 11.5 Å². The first kappa shape index (κ1) is 27.1. The molecule has 41 heavy (non-hydrogen) atoms. The third-order valence-electron chi connectivity index (χ3n) is 7.49. The number of carbonyl (C=O) groups is 1. The van der Waals surface area contributed by atoms with E-state index in [1.54, 1.807) is 16.8 Å². The summed E-state index contributed by atoms with van der Waals surface area (Å²) in [5, 5.41) is 9.56. The average molecular weight is 569 g/mol. The smallest absolute Gasteiger partial charge is 0.251 e. The van der Waals surface area contributed by atoms with Gasteiger partial charge in [0.25, 0.3) is 5.91 Å². The Bertz CT molecular complexity index is 1650. The van der Waals surface area contributed by atoms with Crippen molar-refractivity contribution in [3.63, 3.8) is 0 Å². The molecule has 1 amide bonds. The molecule has 6 nitrogen and oxygen atoms in total. The van der Waals surface area contributed by atoms with Crippen LogP contribution in [0.1, 0.15) is 28.4 Å². The molecule has 1 saturated heterocycles. The van der Waals surface area contributed by atoms with Crippen molar-refractivity contribution >= 4 is 28.4 Å². The first-order valence-corrected chi connectivity index (χ1v) is 14.1. The minimum absolute atomic E-state index is 0.150. The molecule has 208 valence electrons. The SMILES string of the molecule is O=C(NC(CCN1CCOCC1)c1ccccc1)c1ccc2c(-c3ccccc3Cl)nn(-c3ccc(F)cc3)c2c1. The van der Waals surface area contributed by atoms with Gasteiger partial charge in [0.2, 0.25) is 0 Å². The molecule has 1 aliphatic heterocycles. The van der Waals surface area contributed by atoms with E-state index in [9.17, 15) is 9.18 Å². The van der Waals surface area contributed by atoms with Gasteiger partial charge in [0.05, 0.1) is 35.5 Å². The topological polar surface area (TPSA) is 59.4 Å². The minimum Gasteiger partial charge on any atom is -0.379 e. The summed E-state index contributed by atoms with van der Waals surface area (Å²) in [6.45, 7) is 4.13. The van der Waals surface area contributed by atoms with Crippen LogP contribution in [0, 0.1) is 5.82 Å². The molecule has 1 aliphatic rings. The second kappa shape index (κ2) is 12.2. The molecule has 6 rings (SSSR count). The molecular weight excluding hydrogens is 539 g/mol. The molecule has 1 aromatic heterocycles. The summed E-state index contributed by atoms with van der Waals surface area (Å²) in [6.07, 6.45) is 0.780. The largest absolute Gasteiger partial charge is 0.379 e. The first-order valence-electron chi connectivity index (χ1n) is 13.8. The Morgan fingerprint density at radius 1 is 0.951 bits per heavy atom. The molecule has 1 fully saturated rings. The first-order chi connectivity index (χ1) is 20.1. The van der Waals surface area contributed by atoms with Gasteiger partial charge in [-0.25, -0.2) is 9.07 Å². The zero-order chi connectivity index (χ0) is 28.2. The Morgan fingerprint density at radius 2 is 1.68 bits per heavy atom. The van der Waals surface area contributed by atoms with E-state index < -0.39 is 0 Å². The maximum Gasteiger partial charge on any atom is 0.251 e. The van der Waals surface area contributed by atoms with Crippen molar-refractivity contribution in [2.75, 3.05) is 32.8 Å². The fraction of sp³-hybridized carbons (Fsp3) is 0.212. The van der Waals surface area contributed by atoms with E-state index in [0.29, 0.717) is 22.0 Å². The number of amides is 1. The number of nitrogens with one attached hydrogen (secondary N) is 1. The number of hydrogen-bond donors (Lipinski definition) is 1. The molecule has 0 spiro atoms. The van der Waals surface area contributed by atoms with Crippen LogP contribution in [0.5, 0.6) is 0 Å². The van der Waals surface area contributed by atoms with Crippen LogP contribution in [0.4, 0.5) is 4.39 Å². The molecule has 0 aliphatic carbocycles. The maximum atomic E-state index is 13.7. The van der Waals surface area contributed by atoms with Gasteiger partial charge in [-0.2, -0.15) is 5.10 Å². The van der Waals surface area contributed by atoms with Crippen molar-refractivity contribution in [1.82, 2.24) is 20.0 Å². The van der Waals surface area contributed by atoms with Crippen molar-refractivity contribution in [2.45, 2.75) is 12.5 Å². The predicted molar refractivity (Wildman–Crippen MR) is 160 cm³/mol.